The number of hydrogen-bond donors (Lipinski definition) is 3. The maximum Gasteiger partial charge on any atom is 0.165 e. The van der Waals surface area contributed by atoms with Gasteiger partial charge in [0.05, 0.1) is 43.5 Å². The van der Waals surface area contributed by atoms with Gasteiger partial charge < -0.3 is 34.3 Å². The van der Waals surface area contributed by atoms with Gasteiger partial charge in [-0.25, -0.2) is 0 Å². The molecule has 6 aliphatic rings. The molecule has 4 aliphatic heterocycles. The van der Waals surface area contributed by atoms with Crippen molar-refractivity contribution in [3.05, 3.63) is 0 Å². The molecule has 0 aromatic rings. The van der Waals surface area contributed by atoms with Crippen molar-refractivity contribution in [1.82, 2.24) is 0 Å². The molecule has 11 atom stereocenters. The zero-order chi connectivity index (χ0) is 19.2. The summed E-state index contributed by atoms with van der Waals surface area (Å²) in [6, 6.07) is 0. The van der Waals surface area contributed by atoms with Gasteiger partial charge in [-0.2, -0.15) is 0 Å². The van der Waals surface area contributed by atoms with E-state index in [1.54, 1.807) is 0 Å². The highest BCUT2D eigenvalue weighted by molar-refractivity contribution is 5.43. The molecule has 27 heavy (non-hydrogen) atoms. The molecule has 7 nitrogen and oxygen atoms in total. The van der Waals surface area contributed by atoms with E-state index in [-0.39, 0.29) is 23.9 Å². The Bertz CT molecular complexity index is 707. The van der Waals surface area contributed by atoms with E-state index < -0.39 is 52.7 Å². The maximum atomic E-state index is 12.0. The summed E-state index contributed by atoms with van der Waals surface area (Å²) in [5.41, 5.74) is -4.30. The van der Waals surface area contributed by atoms with Crippen LogP contribution >= 0.6 is 0 Å². The Kier molecular flexibility index (Phi) is 2.97. The monoisotopic (exact) mass is 382 g/mol. The lowest BCUT2D eigenvalue weighted by Crippen LogP contribution is -2.63. The summed E-state index contributed by atoms with van der Waals surface area (Å²) in [4.78, 5) is 0. The lowest BCUT2D eigenvalue weighted by molar-refractivity contribution is -0.245. The van der Waals surface area contributed by atoms with Crippen LogP contribution in [0.15, 0.2) is 0 Å². The van der Waals surface area contributed by atoms with Crippen molar-refractivity contribution < 1.29 is 34.3 Å². The van der Waals surface area contributed by atoms with E-state index >= 15 is 0 Å². The molecular weight excluding hydrogens is 352 g/mol. The summed E-state index contributed by atoms with van der Waals surface area (Å²) >= 11 is 0. The lowest BCUT2D eigenvalue weighted by atomic mass is 9.52. The highest BCUT2D eigenvalue weighted by Crippen LogP contribution is 2.84. The van der Waals surface area contributed by atoms with Gasteiger partial charge in [0, 0.05) is 17.3 Å². The Balaban J connectivity index is 1.67. The molecule has 2 spiro atoms. The minimum absolute atomic E-state index is 0.144. The smallest absolute Gasteiger partial charge is 0.165 e. The van der Waals surface area contributed by atoms with E-state index in [2.05, 4.69) is 20.8 Å². The van der Waals surface area contributed by atoms with Crippen LogP contribution in [-0.4, -0.2) is 77.0 Å². The van der Waals surface area contributed by atoms with Crippen LogP contribution in [0.2, 0.25) is 0 Å². The Morgan fingerprint density at radius 2 is 1.78 bits per heavy atom. The van der Waals surface area contributed by atoms with Crippen LogP contribution in [-0.2, 0) is 18.9 Å². The molecule has 0 amide bonds. The minimum atomic E-state index is -1.37. The van der Waals surface area contributed by atoms with Gasteiger partial charge in [-0.05, 0) is 11.8 Å². The SMILES string of the molecule is C[C@@H]1COC2[C@H](O)C34C5OC[C@]3(OC3OCCC34[C@H](C(C)(C)C)[C@H]5O)[C@]21O. The molecule has 4 saturated heterocycles. The zero-order valence-corrected chi connectivity index (χ0v) is 16.3. The Morgan fingerprint density at radius 1 is 1.04 bits per heavy atom. The van der Waals surface area contributed by atoms with Gasteiger partial charge in [-0.1, -0.05) is 27.7 Å². The predicted molar refractivity (Wildman–Crippen MR) is 91.6 cm³/mol. The molecule has 0 aromatic carbocycles. The first kappa shape index (κ1) is 17.6. The van der Waals surface area contributed by atoms with E-state index in [1.807, 2.05) is 6.92 Å². The van der Waals surface area contributed by atoms with Crippen LogP contribution in [0.1, 0.15) is 34.1 Å². The van der Waals surface area contributed by atoms with Crippen molar-refractivity contribution in [2.24, 2.45) is 28.1 Å². The van der Waals surface area contributed by atoms with Gasteiger partial charge in [0.25, 0.3) is 0 Å². The van der Waals surface area contributed by atoms with Crippen molar-refractivity contribution in [1.29, 1.82) is 0 Å². The Labute approximate surface area is 158 Å². The summed E-state index contributed by atoms with van der Waals surface area (Å²) in [6.07, 6.45) is -2.96. The average Bonchev–Trinajstić information content (AvgIpc) is 3.30. The zero-order valence-electron chi connectivity index (χ0n) is 16.3. The fourth-order valence-corrected chi connectivity index (χ4v) is 8.68. The fraction of sp³-hybridized carbons (Fsp3) is 1.00. The molecule has 152 valence electrons. The Hall–Kier alpha value is -0.280. The lowest BCUT2D eigenvalue weighted by Gasteiger charge is -2.48. The molecule has 0 radical (unpaired) electrons. The highest BCUT2D eigenvalue weighted by atomic mass is 16.7. The van der Waals surface area contributed by atoms with E-state index in [0.717, 1.165) is 0 Å². The third-order valence-corrected chi connectivity index (χ3v) is 9.12. The van der Waals surface area contributed by atoms with E-state index in [9.17, 15) is 15.3 Å². The summed E-state index contributed by atoms with van der Waals surface area (Å²) in [5.74, 6) is -0.391. The molecule has 5 unspecified atom stereocenters. The molecule has 3 N–H and O–H groups in total. The average molecular weight is 382 g/mol. The molecule has 7 heteroatoms. The quantitative estimate of drug-likeness (QED) is 0.545. The van der Waals surface area contributed by atoms with Crippen molar-refractivity contribution >= 4 is 0 Å². The third-order valence-electron chi connectivity index (χ3n) is 9.12. The molecule has 6 fully saturated rings. The van der Waals surface area contributed by atoms with E-state index in [0.29, 0.717) is 19.6 Å². The molecule has 0 bridgehead atoms. The fourth-order valence-electron chi connectivity index (χ4n) is 8.68. The standard InChI is InChI=1S/C20H30O7/c1-9-7-25-14-12(22)19-13-10(21)11(16(2,3)4)17(19)5-6-24-15(17)27-18(19,8-26-13)20(9,14)23/h9-15,21-23H,5-8H2,1-4H3/t9-,10-,11+,12+,13?,14?,15?,17?,18-,19?,20-/m1/s1. The summed E-state index contributed by atoms with van der Waals surface area (Å²) < 4.78 is 24.8. The maximum absolute atomic E-state index is 12.0. The molecule has 2 saturated carbocycles. The summed E-state index contributed by atoms with van der Waals surface area (Å²) in [5, 5.41) is 35.1. The van der Waals surface area contributed by atoms with Gasteiger partial charge in [0.2, 0.25) is 0 Å². The van der Waals surface area contributed by atoms with Crippen LogP contribution in [0.25, 0.3) is 0 Å². The molecular formula is C20H30O7. The van der Waals surface area contributed by atoms with Crippen LogP contribution in [0, 0.1) is 28.1 Å². The number of hydrogen-bond acceptors (Lipinski definition) is 7. The highest BCUT2D eigenvalue weighted by Gasteiger charge is 2.98. The first-order valence-corrected chi connectivity index (χ1v) is 10.2. The van der Waals surface area contributed by atoms with Gasteiger partial charge in [-0.3, -0.25) is 0 Å². The van der Waals surface area contributed by atoms with Crippen molar-refractivity contribution in [2.75, 3.05) is 19.8 Å². The summed E-state index contributed by atoms with van der Waals surface area (Å²) in [7, 11) is 0. The second-order valence-electron chi connectivity index (χ2n) is 10.8. The van der Waals surface area contributed by atoms with Crippen LogP contribution in [0.5, 0.6) is 0 Å². The predicted octanol–water partition coefficient (Wildman–Crippen LogP) is 0.0507. The van der Waals surface area contributed by atoms with Gasteiger partial charge in [0.15, 0.2) is 6.29 Å². The topological polar surface area (TPSA) is 97.6 Å². The largest absolute Gasteiger partial charge is 0.390 e. The minimum Gasteiger partial charge on any atom is -0.390 e. The number of ether oxygens (including phenoxy) is 4. The van der Waals surface area contributed by atoms with Crippen molar-refractivity contribution in [3.8, 4) is 0 Å². The number of fused-ring (bicyclic) bond motifs is 1. The van der Waals surface area contributed by atoms with Crippen molar-refractivity contribution in [3.63, 3.8) is 0 Å². The van der Waals surface area contributed by atoms with Gasteiger partial charge in [-0.15, -0.1) is 0 Å². The number of aliphatic hydroxyl groups excluding tert-OH is 2. The van der Waals surface area contributed by atoms with Crippen LogP contribution < -0.4 is 0 Å². The molecule has 2 aliphatic carbocycles. The first-order valence-electron chi connectivity index (χ1n) is 10.2. The Morgan fingerprint density at radius 3 is 2.48 bits per heavy atom. The second kappa shape index (κ2) is 4.56. The van der Waals surface area contributed by atoms with Crippen molar-refractivity contribution in [2.45, 2.75) is 76.0 Å². The first-order chi connectivity index (χ1) is 12.6. The van der Waals surface area contributed by atoms with Crippen LogP contribution in [0.4, 0.5) is 0 Å². The van der Waals surface area contributed by atoms with Crippen LogP contribution in [0.3, 0.4) is 0 Å². The number of aliphatic hydroxyl groups is 3. The van der Waals surface area contributed by atoms with Gasteiger partial charge >= 0.3 is 0 Å². The third kappa shape index (κ3) is 1.35. The number of rotatable bonds is 0. The van der Waals surface area contributed by atoms with Gasteiger partial charge in [0.1, 0.15) is 17.3 Å². The normalized spacial score (nSPS) is 66.1. The summed E-state index contributed by atoms with van der Waals surface area (Å²) in [6.45, 7) is 9.29. The van der Waals surface area contributed by atoms with E-state index in [4.69, 9.17) is 18.9 Å². The molecule has 4 heterocycles. The molecule has 0 aromatic heterocycles. The second-order valence-corrected chi connectivity index (χ2v) is 10.8. The molecule has 6 rings (SSSR count). The van der Waals surface area contributed by atoms with E-state index in [1.165, 1.54) is 0 Å².